The van der Waals surface area contributed by atoms with Crippen molar-refractivity contribution >= 4 is 10.0 Å². The summed E-state index contributed by atoms with van der Waals surface area (Å²) in [7, 11) is -2.24. The number of sulfonamides is 1. The third kappa shape index (κ3) is 2.66. The molecule has 76 valence electrons. The highest BCUT2D eigenvalue weighted by Crippen LogP contribution is 2.09. The molecule has 0 radical (unpaired) electrons. The molecule has 0 aromatic heterocycles. The van der Waals surface area contributed by atoms with Crippen LogP contribution in [-0.4, -0.2) is 42.8 Å². The summed E-state index contributed by atoms with van der Waals surface area (Å²) >= 11 is 0. The quantitative estimate of drug-likeness (QED) is 0.675. The smallest absolute Gasteiger partial charge is 0.230 e. The van der Waals surface area contributed by atoms with Gasteiger partial charge in [0.1, 0.15) is 0 Å². The van der Waals surface area contributed by atoms with Crippen LogP contribution in [-0.2, 0) is 10.0 Å². The molecule has 6 heteroatoms. The molecule has 0 rings (SSSR count). The first-order valence-electron chi connectivity index (χ1n) is 3.85. The Morgan fingerprint density at radius 1 is 1.54 bits per heavy atom. The van der Waals surface area contributed by atoms with Crippen LogP contribution in [0.2, 0.25) is 0 Å². The van der Waals surface area contributed by atoms with Crippen LogP contribution in [0.4, 0.5) is 0 Å². The van der Waals surface area contributed by atoms with E-state index in [1.165, 1.54) is 14.0 Å². The average Bonchev–Trinajstić information content (AvgIpc) is 2.13. The van der Waals surface area contributed by atoms with Crippen molar-refractivity contribution in [2.24, 2.45) is 0 Å². The lowest BCUT2D eigenvalue weighted by atomic mass is 10.4. The van der Waals surface area contributed by atoms with Crippen molar-refractivity contribution in [3.8, 4) is 6.07 Å². The monoisotopic (exact) mass is 206 g/mol. The molecular weight excluding hydrogens is 192 g/mol. The summed E-state index contributed by atoms with van der Waals surface area (Å²) in [6.45, 7) is 2.63. The fourth-order valence-corrected chi connectivity index (χ4v) is 1.88. The maximum Gasteiger partial charge on any atom is 0.230 e. The molecular formula is C7H14N2O3S. The van der Waals surface area contributed by atoms with Gasteiger partial charge in [0.05, 0.1) is 12.7 Å². The Kier molecular flexibility index (Phi) is 4.33. The second-order valence-corrected chi connectivity index (χ2v) is 5.18. The Bertz CT molecular complexity index is 293. The molecule has 0 bridgehead atoms. The van der Waals surface area contributed by atoms with Gasteiger partial charge in [-0.3, -0.25) is 0 Å². The van der Waals surface area contributed by atoms with E-state index >= 15 is 0 Å². The number of aliphatic hydroxyl groups is 1. The molecule has 0 aromatic carbocycles. The number of hydrogen-bond acceptors (Lipinski definition) is 4. The highest BCUT2D eigenvalue weighted by atomic mass is 32.2. The van der Waals surface area contributed by atoms with Crippen LogP contribution in [0.25, 0.3) is 0 Å². The topological polar surface area (TPSA) is 81.4 Å². The maximum atomic E-state index is 11.5. The van der Waals surface area contributed by atoms with Gasteiger partial charge in [0.15, 0.2) is 5.25 Å². The predicted molar refractivity (Wildman–Crippen MR) is 48.3 cm³/mol. The molecule has 0 amide bonds. The molecule has 13 heavy (non-hydrogen) atoms. The first-order valence-corrected chi connectivity index (χ1v) is 5.35. The van der Waals surface area contributed by atoms with Crippen LogP contribution in [0.15, 0.2) is 0 Å². The normalized spacial score (nSPS) is 16.6. The zero-order chi connectivity index (χ0) is 10.6. The number of rotatable bonds is 4. The molecule has 0 heterocycles. The van der Waals surface area contributed by atoms with Gasteiger partial charge in [-0.15, -0.1) is 0 Å². The minimum atomic E-state index is -3.59. The van der Waals surface area contributed by atoms with Crippen molar-refractivity contribution in [3.05, 3.63) is 0 Å². The van der Waals surface area contributed by atoms with E-state index in [0.29, 0.717) is 0 Å². The molecule has 0 aliphatic heterocycles. The van der Waals surface area contributed by atoms with E-state index in [1.807, 2.05) is 0 Å². The molecule has 0 saturated heterocycles. The summed E-state index contributed by atoms with van der Waals surface area (Å²) in [6, 6.07) is 1.15. The first kappa shape index (κ1) is 12.4. The fraction of sp³-hybridized carbons (Fsp3) is 0.857. The Morgan fingerprint density at radius 3 is 2.31 bits per heavy atom. The molecule has 0 aliphatic carbocycles. The van der Waals surface area contributed by atoms with Gasteiger partial charge in [-0.1, -0.05) is 0 Å². The Balaban J connectivity index is 4.77. The second-order valence-electron chi connectivity index (χ2n) is 2.86. The largest absolute Gasteiger partial charge is 0.395 e. The minimum absolute atomic E-state index is 0.256. The van der Waals surface area contributed by atoms with E-state index in [0.717, 1.165) is 4.31 Å². The van der Waals surface area contributed by atoms with Crippen LogP contribution < -0.4 is 0 Å². The Hall–Kier alpha value is -0.640. The Morgan fingerprint density at radius 2 is 2.00 bits per heavy atom. The van der Waals surface area contributed by atoms with Crippen LogP contribution in [0.3, 0.4) is 0 Å². The summed E-state index contributed by atoms with van der Waals surface area (Å²) in [5, 5.41) is 16.1. The zero-order valence-electron chi connectivity index (χ0n) is 7.93. The number of likely N-dealkylation sites (N-methyl/N-ethyl adjacent to an activating group) is 1. The van der Waals surface area contributed by atoms with E-state index < -0.39 is 21.3 Å². The number of nitrogens with zero attached hydrogens (tertiary/aromatic N) is 2. The lowest BCUT2D eigenvalue weighted by Gasteiger charge is -2.23. The molecule has 0 fully saturated rings. The summed E-state index contributed by atoms with van der Waals surface area (Å²) in [6.07, 6.45) is 0. The number of hydrogen-bond donors (Lipinski definition) is 1. The van der Waals surface area contributed by atoms with Gasteiger partial charge in [-0.25, -0.2) is 8.42 Å². The van der Waals surface area contributed by atoms with E-state index in [9.17, 15) is 8.42 Å². The van der Waals surface area contributed by atoms with Gasteiger partial charge in [0, 0.05) is 13.1 Å². The minimum Gasteiger partial charge on any atom is -0.395 e. The van der Waals surface area contributed by atoms with Gasteiger partial charge in [-0.05, 0) is 13.8 Å². The molecule has 0 aliphatic rings. The van der Waals surface area contributed by atoms with Crippen LogP contribution in [0.5, 0.6) is 0 Å². The van der Waals surface area contributed by atoms with Gasteiger partial charge >= 0.3 is 0 Å². The zero-order valence-corrected chi connectivity index (χ0v) is 8.74. The van der Waals surface area contributed by atoms with Gasteiger partial charge < -0.3 is 5.11 Å². The van der Waals surface area contributed by atoms with Crippen molar-refractivity contribution in [2.45, 2.75) is 25.1 Å². The number of aliphatic hydroxyl groups excluding tert-OH is 1. The highest BCUT2D eigenvalue weighted by Gasteiger charge is 2.28. The van der Waals surface area contributed by atoms with E-state index in [-0.39, 0.29) is 6.61 Å². The van der Waals surface area contributed by atoms with Crippen LogP contribution >= 0.6 is 0 Å². The second kappa shape index (κ2) is 4.56. The average molecular weight is 206 g/mol. The van der Waals surface area contributed by atoms with Crippen LogP contribution in [0.1, 0.15) is 13.8 Å². The fourth-order valence-electron chi connectivity index (χ4n) is 0.682. The van der Waals surface area contributed by atoms with Crippen molar-refractivity contribution in [3.63, 3.8) is 0 Å². The first-order chi connectivity index (χ1) is 5.87. The van der Waals surface area contributed by atoms with E-state index in [4.69, 9.17) is 10.4 Å². The van der Waals surface area contributed by atoms with E-state index in [1.54, 1.807) is 13.0 Å². The summed E-state index contributed by atoms with van der Waals surface area (Å²) in [5.74, 6) is 0. The Labute approximate surface area is 78.6 Å². The molecule has 0 aromatic rings. The molecule has 2 unspecified atom stereocenters. The lowest BCUT2D eigenvalue weighted by molar-refractivity contribution is 0.213. The summed E-state index contributed by atoms with van der Waals surface area (Å²) < 4.78 is 23.9. The summed E-state index contributed by atoms with van der Waals surface area (Å²) in [4.78, 5) is 0. The standard InChI is InChI=1S/C7H14N2O3S/c1-6(5-10)9(3)13(11,12)7(2)4-8/h6-7,10H,5H2,1-3H3. The van der Waals surface area contributed by atoms with Gasteiger partial charge in [-0.2, -0.15) is 9.57 Å². The highest BCUT2D eigenvalue weighted by molar-refractivity contribution is 7.89. The SMILES string of the molecule is CC(CO)N(C)S(=O)(=O)C(C)C#N. The molecule has 0 spiro atoms. The lowest BCUT2D eigenvalue weighted by Crippen LogP contribution is -2.41. The van der Waals surface area contributed by atoms with Crippen molar-refractivity contribution in [1.29, 1.82) is 5.26 Å². The van der Waals surface area contributed by atoms with Crippen LogP contribution in [0, 0.1) is 11.3 Å². The maximum absolute atomic E-state index is 11.5. The van der Waals surface area contributed by atoms with Crippen molar-refractivity contribution < 1.29 is 13.5 Å². The predicted octanol–water partition coefficient (Wildman–Crippen LogP) is -0.459. The van der Waals surface area contributed by atoms with Crippen molar-refractivity contribution in [1.82, 2.24) is 4.31 Å². The van der Waals surface area contributed by atoms with E-state index in [2.05, 4.69) is 0 Å². The van der Waals surface area contributed by atoms with Gasteiger partial charge in [0.2, 0.25) is 10.0 Å². The third-order valence-corrected chi connectivity index (χ3v) is 4.08. The van der Waals surface area contributed by atoms with Crippen molar-refractivity contribution in [2.75, 3.05) is 13.7 Å². The summed E-state index contributed by atoms with van der Waals surface area (Å²) in [5.41, 5.74) is 0. The third-order valence-electron chi connectivity index (χ3n) is 1.91. The molecule has 1 N–H and O–H groups in total. The number of nitriles is 1. The molecule has 5 nitrogen and oxygen atoms in total. The van der Waals surface area contributed by atoms with Gasteiger partial charge in [0.25, 0.3) is 0 Å². The molecule has 0 saturated carbocycles. The molecule has 2 atom stereocenters.